The minimum absolute atomic E-state index is 0.106. The Morgan fingerprint density at radius 3 is 2.60 bits per heavy atom. The Bertz CT molecular complexity index is 833. The third-order valence-electron chi connectivity index (χ3n) is 3.25. The molecule has 102 valence electrons. The monoisotopic (exact) mass is 288 g/mol. The Kier molecular flexibility index (Phi) is 2.99. The number of anilines is 1. The number of rotatable bonds is 2. The quantitative estimate of drug-likeness (QED) is 0.677. The van der Waals surface area contributed by atoms with Gasteiger partial charge in [-0.1, -0.05) is 30.7 Å². The summed E-state index contributed by atoms with van der Waals surface area (Å²) in [5.41, 5.74) is 8.58. The van der Waals surface area contributed by atoms with Crippen LogP contribution in [0.3, 0.4) is 0 Å². The molecule has 0 aliphatic rings. The summed E-state index contributed by atoms with van der Waals surface area (Å²) in [6.45, 7) is 2.02. The van der Waals surface area contributed by atoms with Gasteiger partial charge in [0.2, 0.25) is 5.95 Å². The molecule has 6 heteroatoms. The normalized spacial score (nSPS) is 11.1. The van der Waals surface area contributed by atoms with E-state index in [1.54, 1.807) is 12.1 Å². The fourth-order valence-corrected chi connectivity index (χ4v) is 2.50. The van der Waals surface area contributed by atoms with Gasteiger partial charge in [0.1, 0.15) is 5.65 Å². The first-order chi connectivity index (χ1) is 9.60. The highest BCUT2D eigenvalue weighted by Gasteiger charge is 2.16. The highest BCUT2D eigenvalue weighted by Crippen LogP contribution is 2.30. The molecule has 0 unspecified atom stereocenters. The smallest absolute Gasteiger partial charge is 0.262 e. The number of nitrogens with two attached hydrogens (primary N) is 1. The number of nitrogen functional groups attached to an aromatic ring is 1. The third-order valence-corrected chi connectivity index (χ3v) is 3.50. The van der Waals surface area contributed by atoms with Gasteiger partial charge in [-0.15, -0.1) is 0 Å². The first-order valence-electron chi connectivity index (χ1n) is 6.26. The van der Waals surface area contributed by atoms with E-state index in [1.807, 2.05) is 19.1 Å². The maximum absolute atomic E-state index is 12.2. The Morgan fingerprint density at radius 1 is 1.25 bits per heavy atom. The van der Waals surface area contributed by atoms with Crippen molar-refractivity contribution >= 4 is 28.6 Å². The van der Waals surface area contributed by atoms with Gasteiger partial charge in [-0.2, -0.15) is 4.98 Å². The van der Waals surface area contributed by atoms with Crippen molar-refractivity contribution in [2.75, 3.05) is 5.73 Å². The number of H-pyrrole nitrogens is 2. The summed E-state index contributed by atoms with van der Waals surface area (Å²) in [6, 6.07) is 7.38. The predicted octanol–water partition coefficient (Wildman–Crippen LogP) is 2.72. The molecule has 3 aromatic rings. The summed E-state index contributed by atoms with van der Waals surface area (Å²) in [5.74, 6) is 0.106. The van der Waals surface area contributed by atoms with Crippen LogP contribution in [0.25, 0.3) is 22.2 Å². The summed E-state index contributed by atoms with van der Waals surface area (Å²) >= 11 is 5.91. The van der Waals surface area contributed by atoms with Crippen molar-refractivity contribution in [2.24, 2.45) is 0 Å². The van der Waals surface area contributed by atoms with E-state index in [1.165, 1.54) is 0 Å². The van der Waals surface area contributed by atoms with Gasteiger partial charge in [0.25, 0.3) is 5.56 Å². The molecule has 0 saturated carbocycles. The molecular formula is C14H13ClN4O. The number of hydrogen-bond donors (Lipinski definition) is 3. The Balaban J connectivity index is 2.38. The van der Waals surface area contributed by atoms with Crippen LogP contribution in [-0.4, -0.2) is 15.0 Å². The van der Waals surface area contributed by atoms with Crippen molar-refractivity contribution in [3.8, 4) is 11.1 Å². The van der Waals surface area contributed by atoms with Gasteiger partial charge in [0.05, 0.1) is 5.39 Å². The van der Waals surface area contributed by atoms with Crippen molar-refractivity contribution < 1.29 is 0 Å². The number of halogens is 1. The van der Waals surface area contributed by atoms with Gasteiger partial charge >= 0.3 is 0 Å². The lowest BCUT2D eigenvalue weighted by molar-refractivity contribution is 1.07. The second-order valence-electron chi connectivity index (χ2n) is 4.51. The van der Waals surface area contributed by atoms with Crippen LogP contribution in [-0.2, 0) is 6.42 Å². The van der Waals surface area contributed by atoms with Crippen LogP contribution < -0.4 is 11.3 Å². The zero-order valence-corrected chi connectivity index (χ0v) is 11.6. The lowest BCUT2D eigenvalue weighted by Crippen LogP contribution is -2.10. The van der Waals surface area contributed by atoms with Gasteiger partial charge in [0.15, 0.2) is 0 Å². The lowest BCUT2D eigenvalue weighted by atomic mass is 10.0. The molecule has 2 aromatic heterocycles. The SMILES string of the molecule is CCc1[nH]c2nc(N)[nH]c(=O)c2c1-c1ccc(Cl)cc1. The standard InChI is InChI=1S/C14H13ClN4O/c1-2-9-10(7-3-5-8(15)6-4-7)11-12(17-9)18-14(16)19-13(11)20/h3-6H,2H2,1H3,(H4,16,17,18,19,20). The molecule has 0 aliphatic heterocycles. The van der Waals surface area contributed by atoms with E-state index in [0.717, 1.165) is 23.2 Å². The summed E-state index contributed by atoms with van der Waals surface area (Å²) in [5, 5.41) is 1.18. The molecule has 2 heterocycles. The van der Waals surface area contributed by atoms with Crippen LogP contribution in [0.2, 0.25) is 5.02 Å². The maximum Gasteiger partial charge on any atom is 0.262 e. The summed E-state index contributed by atoms with van der Waals surface area (Å²) in [6.07, 6.45) is 0.758. The first kappa shape index (κ1) is 12.7. The molecule has 4 N–H and O–H groups in total. The Morgan fingerprint density at radius 2 is 1.95 bits per heavy atom. The van der Waals surface area contributed by atoms with E-state index < -0.39 is 0 Å². The molecule has 0 saturated heterocycles. The van der Waals surface area contributed by atoms with Crippen molar-refractivity contribution in [1.29, 1.82) is 0 Å². The van der Waals surface area contributed by atoms with Gasteiger partial charge in [-0.25, -0.2) is 0 Å². The first-order valence-corrected chi connectivity index (χ1v) is 6.64. The minimum Gasteiger partial charge on any atom is -0.369 e. The van der Waals surface area contributed by atoms with Crippen molar-refractivity contribution in [1.82, 2.24) is 15.0 Å². The molecule has 0 amide bonds. The largest absolute Gasteiger partial charge is 0.369 e. The van der Waals surface area contributed by atoms with Crippen LogP contribution in [0.4, 0.5) is 5.95 Å². The van der Waals surface area contributed by atoms with E-state index in [0.29, 0.717) is 16.1 Å². The van der Waals surface area contributed by atoms with Crippen molar-refractivity contribution in [2.45, 2.75) is 13.3 Å². The van der Waals surface area contributed by atoms with Crippen molar-refractivity contribution in [3.05, 3.63) is 45.3 Å². The van der Waals surface area contributed by atoms with E-state index in [9.17, 15) is 4.79 Å². The molecule has 20 heavy (non-hydrogen) atoms. The van der Waals surface area contributed by atoms with Crippen LogP contribution >= 0.6 is 11.6 Å². The highest BCUT2D eigenvalue weighted by atomic mass is 35.5. The molecule has 0 radical (unpaired) electrons. The Hall–Kier alpha value is -2.27. The number of nitrogens with zero attached hydrogens (tertiary/aromatic N) is 1. The number of benzene rings is 1. The average molecular weight is 289 g/mol. The van der Waals surface area contributed by atoms with Gasteiger partial charge in [-0.3, -0.25) is 9.78 Å². The summed E-state index contributed by atoms with van der Waals surface area (Å²) in [4.78, 5) is 22.0. The second kappa shape index (κ2) is 4.68. The molecule has 5 nitrogen and oxygen atoms in total. The molecule has 1 aromatic carbocycles. The van der Waals surface area contributed by atoms with Gasteiger partial charge in [0, 0.05) is 16.3 Å². The Labute approximate surface area is 119 Å². The number of hydrogen-bond acceptors (Lipinski definition) is 3. The van der Waals surface area contributed by atoms with E-state index in [2.05, 4.69) is 15.0 Å². The van der Waals surface area contributed by atoms with Crippen LogP contribution in [0.1, 0.15) is 12.6 Å². The summed E-state index contributed by atoms with van der Waals surface area (Å²) in [7, 11) is 0. The number of aryl methyl sites for hydroxylation is 1. The zero-order valence-electron chi connectivity index (χ0n) is 10.8. The summed E-state index contributed by atoms with van der Waals surface area (Å²) < 4.78 is 0. The van der Waals surface area contributed by atoms with E-state index in [4.69, 9.17) is 17.3 Å². The molecule has 3 rings (SSSR count). The zero-order chi connectivity index (χ0) is 14.3. The van der Waals surface area contributed by atoms with E-state index >= 15 is 0 Å². The van der Waals surface area contributed by atoms with Gasteiger partial charge < -0.3 is 10.7 Å². The molecule has 0 aliphatic carbocycles. The van der Waals surface area contributed by atoms with Crippen LogP contribution in [0.15, 0.2) is 29.1 Å². The molecule has 0 fully saturated rings. The van der Waals surface area contributed by atoms with Crippen molar-refractivity contribution in [3.63, 3.8) is 0 Å². The third kappa shape index (κ3) is 1.96. The number of nitrogens with one attached hydrogen (secondary N) is 2. The van der Waals surface area contributed by atoms with Crippen LogP contribution in [0, 0.1) is 0 Å². The topological polar surface area (TPSA) is 87.6 Å². The number of fused-ring (bicyclic) bond motifs is 1. The minimum atomic E-state index is -0.242. The maximum atomic E-state index is 12.2. The molecule has 0 spiro atoms. The molecule has 0 atom stereocenters. The number of aromatic nitrogens is 3. The predicted molar refractivity (Wildman–Crippen MR) is 81.0 cm³/mol. The fraction of sp³-hybridized carbons (Fsp3) is 0.143. The van der Waals surface area contributed by atoms with Crippen LogP contribution in [0.5, 0.6) is 0 Å². The number of aromatic amines is 2. The average Bonchev–Trinajstić information content (AvgIpc) is 2.78. The second-order valence-corrected chi connectivity index (χ2v) is 4.95. The van der Waals surface area contributed by atoms with E-state index in [-0.39, 0.29) is 11.5 Å². The fourth-order valence-electron chi connectivity index (χ4n) is 2.37. The lowest BCUT2D eigenvalue weighted by Gasteiger charge is -2.03. The molecule has 0 bridgehead atoms. The molecular weight excluding hydrogens is 276 g/mol. The van der Waals surface area contributed by atoms with Gasteiger partial charge in [-0.05, 0) is 24.1 Å². The highest BCUT2D eigenvalue weighted by molar-refractivity contribution is 6.30.